The fraction of sp³-hybridized carbons (Fsp3) is 0.900. The largest absolute Gasteiger partial charge is 0.391 e. The minimum atomic E-state index is -0.413. The molecule has 0 aromatic carbocycles. The van der Waals surface area contributed by atoms with E-state index in [1.54, 1.807) is 0 Å². The maximum atomic E-state index is 11.1. The Morgan fingerprint density at radius 3 is 2.43 bits per heavy atom. The first kappa shape index (κ1) is 13.9. The quantitative estimate of drug-likeness (QED) is 0.689. The van der Waals surface area contributed by atoms with Gasteiger partial charge in [-0.15, -0.1) is 0 Å². The van der Waals surface area contributed by atoms with Crippen molar-refractivity contribution in [3.05, 3.63) is 0 Å². The second kappa shape index (κ2) is 8.24. The van der Waals surface area contributed by atoms with E-state index in [0.29, 0.717) is 24.2 Å². The SMILES string of the molecule is CCC(CC)C(O)CNC(=O)CCBr. The van der Waals surface area contributed by atoms with E-state index >= 15 is 0 Å². The minimum Gasteiger partial charge on any atom is -0.391 e. The second-order valence-corrected chi connectivity index (χ2v) is 4.18. The molecule has 1 amide bonds. The van der Waals surface area contributed by atoms with E-state index in [2.05, 4.69) is 35.1 Å². The van der Waals surface area contributed by atoms with Gasteiger partial charge in [-0.1, -0.05) is 42.6 Å². The summed E-state index contributed by atoms with van der Waals surface area (Å²) in [6.45, 7) is 4.48. The van der Waals surface area contributed by atoms with Gasteiger partial charge in [0.25, 0.3) is 0 Å². The van der Waals surface area contributed by atoms with Crippen LogP contribution in [0.25, 0.3) is 0 Å². The Kier molecular flexibility index (Phi) is 8.18. The maximum Gasteiger partial charge on any atom is 0.220 e. The summed E-state index contributed by atoms with van der Waals surface area (Å²) in [5, 5.41) is 13.1. The van der Waals surface area contributed by atoms with Gasteiger partial charge >= 0.3 is 0 Å². The van der Waals surface area contributed by atoms with Crippen molar-refractivity contribution in [2.24, 2.45) is 5.92 Å². The number of rotatable bonds is 7. The van der Waals surface area contributed by atoms with Crippen LogP contribution in [0.3, 0.4) is 0 Å². The molecule has 0 aromatic rings. The molecule has 0 aliphatic carbocycles. The number of hydrogen-bond donors (Lipinski definition) is 2. The molecule has 1 atom stereocenters. The maximum absolute atomic E-state index is 11.1. The Labute approximate surface area is 94.4 Å². The van der Waals surface area contributed by atoms with Gasteiger partial charge in [0.1, 0.15) is 0 Å². The second-order valence-electron chi connectivity index (χ2n) is 3.39. The van der Waals surface area contributed by atoms with E-state index < -0.39 is 6.10 Å². The van der Waals surface area contributed by atoms with E-state index in [0.717, 1.165) is 12.8 Å². The fourth-order valence-corrected chi connectivity index (χ4v) is 1.75. The highest BCUT2D eigenvalue weighted by Crippen LogP contribution is 2.12. The summed E-state index contributed by atoms with van der Waals surface area (Å²) in [4.78, 5) is 11.1. The Balaban J connectivity index is 3.71. The van der Waals surface area contributed by atoms with Gasteiger partial charge in [-0.05, 0) is 5.92 Å². The summed E-state index contributed by atoms with van der Waals surface area (Å²) in [7, 11) is 0. The molecule has 0 fully saturated rings. The van der Waals surface area contributed by atoms with Crippen LogP contribution in [0.2, 0.25) is 0 Å². The molecule has 14 heavy (non-hydrogen) atoms. The van der Waals surface area contributed by atoms with Crippen LogP contribution in [0.5, 0.6) is 0 Å². The molecule has 0 bridgehead atoms. The average Bonchev–Trinajstić information content (AvgIpc) is 2.17. The smallest absolute Gasteiger partial charge is 0.220 e. The molecule has 84 valence electrons. The number of aliphatic hydroxyl groups is 1. The highest BCUT2D eigenvalue weighted by molar-refractivity contribution is 9.09. The molecular weight excluding hydrogens is 246 g/mol. The van der Waals surface area contributed by atoms with Crippen molar-refractivity contribution in [2.75, 3.05) is 11.9 Å². The lowest BCUT2D eigenvalue weighted by molar-refractivity contribution is -0.121. The number of carbonyl (C=O) groups excluding carboxylic acids is 1. The highest BCUT2D eigenvalue weighted by atomic mass is 79.9. The van der Waals surface area contributed by atoms with Crippen LogP contribution in [-0.2, 0) is 4.79 Å². The van der Waals surface area contributed by atoms with E-state index in [1.165, 1.54) is 0 Å². The third-order valence-electron chi connectivity index (χ3n) is 2.42. The number of aliphatic hydroxyl groups excluding tert-OH is 1. The van der Waals surface area contributed by atoms with Crippen LogP contribution in [0.15, 0.2) is 0 Å². The van der Waals surface area contributed by atoms with Crippen LogP contribution in [0.4, 0.5) is 0 Å². The van der Waals surface area contributed by atoms with Gasteiger partial charge in [-0.3, -0.25) is 4.79 Å². The summed E-state index contributed by atoms with van der Waals surface area (Å²) >= 11 is 3.19. The molecule has 0 aliphatic heterocycles. The van der Waals surface area contributed by atoms with Gasteiger partial charge < -0.3 is 10.4 Å². The fourth-order valence-electron chi connectivity index (χ4n) is 1.39. The van der Waals surface area contributed by atoms with Crippen LogP contribution in [0.1, 0.15) is 33.1 Å². The van der Waals surface area contributed by atoms with Crippen molar-refractivity contribution in [2.45, 2.75) is 39.2 Å². The van der Waals surface area contributed by atoms with Crippen LogP contribution in [-0.4, -0.2) is 29.0 Å². The van der Waals surface area contributed by atoms with E-state index in [9.17, 15) is 9.90 Å². The standard InChI is InChI=1S/C10H20BrNO2/c1-3-8(4-2)9(13)7-12-10(14)5-6-11/h8-9,13H,3-7H2,1-2H3,(H,12,14). The lowest BCUT2D eigenvalue weighted by atomic mass is 9.96. The molecule has 0 aromatic heterocycles. The lowest BCUT2D eigenvalue weighted by Crippen LogP contribution is -2.36. The highest BCUT2D eigenvalue weighted by Gasteiger charge is 2.15. The summed E-state index contributed by atoms with van der Waals surface area (Å²) in [5.41, 5.74) is 0. The molecule has 4 heteroatoms. The third-order valence-corrected chi connectivity index (χ3v) is 2.82. The molecule has 0 saturated carbocycles. The topological polar surface area (TPSA) is 49.3 Å². The van der Waals surface area contributed by atoms with Gasteiger partial charge in [0.15, 0.2) is 0 Å². The zero-order valence-corrected chi connectivity index (χ0v) is 10.5. The van der Waals surface area contributed by atoms with Crippen molar-refractivity contribution >= 4 is 21.8 Å². The van der Waals surface area contributed by atoms with E-state index in [-0.39, 0.29) is 5.91 Å². The van der Waals surface area contributed by atoms with Crippen molar-refractivity contribution in [3.8, 4) is 0 Å². The van der Waals surface area contributed by atoms with Crippen molar-refractivity contribution in [3.63, 3.8) is 0 Å². The molecule has 0 heterocycles. The number of carbonyl (C=O) groups is 1. The van der Waals surface area contributed by atoms with Gasteiger partial charge in [0.05, 0.1) is 6.10 Å². The minimum absolute atomic E-state index is 0.00752. The predicted octanol–water partition coefficient (Wildman–Crippen LogP) is 1.68. The summed E-state index contributed by atoms with van der Waals surface area (Å²) in [6, 6.07) is 0. The van der Waals surface area contributed by atoms with Gasteiger partial charge in [-0.25, -0.2) is 0 Å². The normalized spacial score (nSPS) is 12.9. The van der Waals surface area contributed by atoms with Crippen molar-refractivity contribution < 1.29 is 9.90 Å². The Hall–Kier alpha value is -0.0900. The monoisotopic (exact) mass is 265 g/mol. The lowest BCUT2D eigenvalue weighted by Gasteiger charge is -2.20. The molecule has 2 N–H and O–H groups in total. The first-order chi connectivity index (χ1) is 6.65. The van der Waals surface area contributed by atoms with Gasteiger partial charge in [0.2, 0.25) is 5.91 Å². The number of hydrogen-bond acceptors (Lipinski definition) is 2. The third kappa shape index (κ3) is 5.60. The summed E-state index contributed by atoms with van der Waals surface area (Å²) in [6.07, 6.45) is 1.96. The molecule has 1 unspecified atom stereocenters. The predicted molar refractivity (Wildman–Crippen MR) is 61.5 cm³/mol. The van der Waals surface area contributed by atoms with Crippen molar-refractivity contribution in [1.29, 1.82) is 0 Å². The number of alkyl halides is 1. The average molecular weight is 266 g/mol. The Morgan fingerprint density at radius 1 is 1.43 bits per heavy atom. The first-order valence-electron chi connectivity index (χ1n) is 5.16. The molecule has 0 aliphatic rings. The number of halogens is 1. The zero-order chi connectivity index (χ0) is 11.0. The molecule has 0 saturated heterocycles. The van der Waals surface area contributed by atoms with Crippen LogP contribution < -0.4 is 5.32 Å². The molecule has 0 spiro atoms. The summed E-state index contributed by atoms with van der Waals surface area (Å²) < 4.78 is 0. The van der Waals surface area contributed by atoms with E-state index in [1.807, 2.05) is 0 Å². The van der Waals surface area contributed by atoms with Gasteiger partial charge in [-0.2, -0.15) is 0 Å². The van der Waals surface area contributed by atoms with Crippen LogP contribution in [0, 0.1) is 5.92 Å². The first-order valence-corrected chi connectivity index (χ1v) is 6.28. The Bertz CT molecular complexity index is 160. The molecule has 3 nitrogen and oxygen atoms in total. The Morgan fingerprint density at radius 2 is 2.00 bits per heavy atom. The molecule has 0 radical (unpaired) electrons. The number of nitrogens with one attached hydrogen (secondary N) is 1. The zero-order valence-electron chi connectivity index (χ0n) is 8.92. The molecular formula is C10H20BrNO2. The number of amides is 1. The van der Waals surface area contributed by atoms with Crippen LogP contribution >= 0.6 is 15.9 Å². The summed E-state index contributed by atoms with van der Waals surface area (Å²) in [5.74, 6) is 0.283. The van der Waals surface area contributed by atoms with Crippen molar-refractivity contribution in [1.82, 2.24) is 5.32 Å². The molecule has 0 rings (SSSR count). The van der Waals surface area contributed by atoms with E-state index in [4.69, 9.17) is 0 Å². The van der Waals surface area contributed by atoms with Gasteiger partial charge in [0, 0.05) is 18.3 Å².